The molecule has 0 bridgehead atoms. The van der Waals surface area contributed by atoms with Gasteiger partial charge >= 0.3 is 18.3 Å². The van der Waals surface area contributed by atoms with Gasteiger partial charge in [0.15, 0.2) is 12.4 Å². The molecule has 16 heteroatoms. The van der Waals surface area contributed by atoms with Crippen molar-refractivity contribution in [2.24, 2.45) is 5.11 Å². The van der Waals surface area contributed by atoms with Gasteiger partial charge in [-0.3, -0.25) is 4.90 Å². The first-order valence-electron chi connectivity index (χ1n) is 17.4. The van der Waals surface area contributed by atoms with Crippen molar-refractivity contribution in [2.45, 2.75) is 101 Å². The number of nitrogens with one attached hydrogen (secondary N) is 2. The van der Waals surface area contributed by atoms with Crippen LogP contribution in [-0.2, 0) is 43.4 Å². The lowest BCUT2D eigenvalue weighted by atomic mass is 9.81. The molecular formula is C37H42N6O10. The molecule has 3 fully saturated rings. The summed E-state index contributed by atoms with van der Waals surface area (Å²) in [7, 11) is 0. The summed E-state index contributed by atoms with van der Waals surface area (Å²) in [6, 6.07) is 23.8. The quantitative estimate of drug-likeness (QED) is 0.107. The maximum Gasteiger partial charge on any atom is 0.408 e. The fourth-order valence-corrected chi connectivity index (χ4v) is 6.99. The molecular weight excluding hydrogens is 688 g/mol. The highest BCUT2D eigenvalue weighted by Crippen LogP contribution is 2.35. The normalized spacial score (nSPS) is 28.3. The number of benzene rings is 3. The van der Waals surface area contributed by atoms with Crippen LogP contribution in [0.15, 0.2) is 96.1 Å². The maximum atomic E-state index is 13.4. The summed E-state index contributed by atoms with van der Waals surface area (Å²) in [5, 5.41) is 31.3. The number of nitrogens with zero attached hydrogens (tertiary/aromatic N) is 4. The van der Waals surface area contributed by atoms with Crippen LogP contribution in [0.4, 0.5) is 14.4 Å². The number of hydrogen-bond acceptors (Lipinski definition) is 10. The number of carbonyl (C=O) groups excluding carboxylic acids is 2. The van der Waals surface area contributed by atoms with Crippen molar-refractivity contribution in [1.82, 2.24) is 15.5 Å². The standard InChI is InChI=1S/C37H42N6O10/c1-22(43(37(47)48)19-23-11-5-2-6-12-23)27-18-17-26(41-42-38)34(51-27)52-32-28(39-35(45)50-21-25-15-9-4-10-16-25)31(49-20-24-13-7-3-8-14-24)29-33(30(32)44)53-36(46)40-29/h2-16,22,26-34,44H,17-21H2,1H3,(H,39,45)(H,40,46)(H,47,48)/t22-,26-,27+,28+,29-,30+,31+,32-,33+,34-/m1/s1. The van der Waals surface area contributed by atoms with Crippen molar-refractivity contribution in [2.75, 3.05) is 0 Å². The van der Waals surface area contributed by atoms with Gasteiger partial charge in [-0.2, -0.15) is 0 Å². The van der Waals surface area contributed by atoms with Crippen LogP contribution in [0, 0.1) is 0 Å². The third-order valence-electron chi connectivity index (χ3n) is 9.73. The fourth-order valence-electron chi connectivity index (χ4n) is 6.99. The SMILES string of the molecule is C[C@H]([C@@H]1CC[C@@H](N=[N+]=[N-])[C@@H](O[C@H]2[C@H](O)[C@H]3OC(=O)N[C@@H]3[C@@H](OCc3ccccc3)[C@@H]2NC(=O)OCc2ccccc2)O1)N(Cc1ccccc1)C(=O)O. The highest BCUT2D eigenvalue weighted by molar-refractivity contribution is 5.71. The van der Waals surface area contributed by atoms with E-state index in [0.29, 0.717) is 6.42 Å². The number of ether oxygens (including phenoxy) is 5. The Morgan fingerprint density at radius 2 is 1.60 bits per heavy atom. The molecule has 10 atom stereocenters. The van der Waals surface area contributed by atoms with Gasteiger partial charge in [-0.05, 0) is 42.0 Å². The molecule has 3 aliphatic rings. The molecule has 53 heavy (non-hydrogen) atoms. The van der Waals surface area contributed by atoms with E-state index in [1.54, 1.807) is 19.1 Å². The van der Waals surface area contributed by atoms with E-state index in [2.05, 4.69) is 20.7 Å². The van der Waals surface area contributed by atoms with Crippen LogP contribution in [-0.4, -0.2) is 94.4 Å². The first-order chi connectivity index (χ1) is 25.7. The number of aliphatic hydroxyl groups excluding tert-OH is 1. The topological polar surface area (TPSA) is 214 Å². The Bertz CT molecular complexity index is 1730. The predicted molar refractivity (Wildman–Crippen MR) is 187 cm³/mol. The van der Waals surface area contributed by atoms with Gasteiger partial charge in [-0.25, -0.2) is 14.4 Å². The second-order valence-corrected chi connectivity index (χ2v) is 13.2. The summed E-state index contributed by atoms with van der Waals surface area (Å²) in [4.78, 5) is 42.7. The molecule has 2 heterocycles. The zero-order valence-corrected chi connectivity index (χ0v) is 28.9. The van der Waals surface area contributed by atoms with Gasteiger partial charge in [0.05, 0.1) is 30.8 Å². The second-order valence-electron chi connectivity index (χ2n) is 13.2. The van der Waals surface area contributed by atoms with Crippen molar-refractivity contribution >= 4 is 18.3 Å². The Morgan fingerprint density at radius 1 is 0.981 bits per heavy atom. The van der Waals surface area contributed by atoms with Gasteiger partial charge in [0.25, 0.3) is 0 Å². The van der Waals surface area contributed by atoms with Gasteiger partial charge in [0, 0.05) is 11.5 Å². The van der Waals surface area contributed by atoms with E-state index < -0.39 is 79.3 Å². The number of alkyl carbamates (subject to hydrolysis) is 2. The second kappa shape index (κ2) is 17.4. The number of carbonyl (C=O) groups is 3. The monoisotopic (exact) mass is 730 g/mol. The molecule has 0 aromatic heterocycles. The van der Waals surface area contributed by atoms with Crippen molar-refractivity contribution < 1.29 is 48.3 Å². The highest BCUT2D eigenvalue weighted by atomic mass is 16.7. The average molecular weight is 731 g/mol. The third kappa shape index (κ3) is 9.17. The molecule has 280 valence electrons. The van der Waals surface area contributed by atoms with Crippen molar-refractivity contribution in [3.8, 4) is 0 Å². The number of carboxylic acid groups (broad SMARTS) is 1. The Balaban J connectivity index is 1.28. The first-order valence-corrected chi connectivity index (χ1v) is 17.4. The predicted octanol–water partition coefficient (Wildman–Crippen LogP) is 4.86. The van der Waals surface area contributed by atoms with Gasteiger partial charge in [0.2, 0.25) is 0 Å². The summed E-state index contributed by atoms with van der Waals surface area (Å²) >= 11 is 0. The molecule has 1 saturated carbocycles. The zero-order chi connectivity index (χ0) is 37.3. The first kappa shape index (κ1) is 37.4. The van der Waals surface area contributed by atoms with Crippen LogP contribution in [0.25, 0.3) is 10.4 Å². The van der Waals surface area contributed by atoms with Crippen LogP contribution < -0.4 is 10.6 Å². The Morgan fingerprint density at radius 3 is 2.23 bits per heavy atom. The number of fused-ring (bicyclic) bond motifs is 1. The highest BCUT2D eigenvalue weighted by Gasteiger charge is 2.58. The van der Waals surface area contributed by atoms with E-state index in [-0.39, 0.29) is 26.2 Å². The fraction of sp³-hybridized carbons (Fsp3) is 0.432. The minimum Gasteiger partial charge on any atom is -0.465 e. The lowest BCUT2D eigenvalue weighted by Gasteiger charge is -2.47. The number of hydrogen-bond donors (Lipinski definition) is 4. The number of rotatable bonds is 13. The zero-order valence-electron chi connectivity index (χ0n) is 28.9. The molecule has 3 aromatic rings. The van der Waals surface area contributed by atoms with Gasteiger partial charge in [-0.15, -0.1) is 0 Å². The number of aliphatic hydroxyl groups is 1. The van der Waals surface area contributed by atoms with Crippen LogP contribution in [0.5, 0.6) is 0 Å². The molecule has 1 aliphatic carbocycles. The number of amides is 3. The largest absolute Gasteiger partial charge is 0.465 e. The molecule has 2 saturated heterocycles. The average Bonchev–Trinajstić information content (AvgIpc) is 3.57. The van der Waals surface area contributed by atoms with Gasteiger partial charge < -0.3 is 44.5 Å². The minimum atomic E-state index is -1.53. The summed E-state index contributed by atoms with van der Waals surface area (Å²) in [5.41, 5.74) is 11.8. The molecule has 3 aromatic carbocycles. The molecule has 6 rings (SSSR count). The van der Waals surface area contributed by atoms with Crippen LogP contribution in [0.2, 0.25) is 0 Å². The van der Waals surface area contributed by atoms with E-state index in [4.69, 9.17) is 23.7 Å². The summed E-state index contributed by atoms with van der Waals surface area (Å²) in [5.74, 6) is 0. The van der Waals surface area contributed by atoms with Crippen molar-refractivity contribution in [1.29, 1.82) is 0 Å². The molecule has 2 aliphatic heterocycles. The van der Waals surface area contributed by atoms with E-state index >= 15 is 0 Å². The van der Waals surface area contributed by atoms with E-state index in [1.807, 2.05) is 78.9 Å². The van der Waals surface area contributed by atoms with E-state index in [1.165, 1.54) is 4.90 Å². The third-order valence-corrected chi connectivity index (χ3v) is 9.73. The lowest BCUT2D eigenvalue weighted by molar-refractivity contribution is -0.268. The molecule has 0 unspecified atom stereocenters. The van der Waals surface area contributed by atoms with Crippen LogP contribution in [0.1, 0.15) is 36.5 Å². The van der Waals surface area contributed by atoms with Gasteiger partial charge in [-0.1, -0.05) is 96.1 Å². The van der Waals surface area contributed by atoms with Crippen molar-refractivity contribution in [3.63, 3.8) is 0 Å². The minimum absolute atomic E-state index is 0.0533. The Kier molecular flexibility index (Phi) is 12.3. The lowest BCUT2D eigenvalue weighted by Crippen LogP contribution is -2.71. The Hall–Kier alpha value is -5.38. The maximum absolute atomic E-state index is 13.4. The summed E-state index contributed by atoms with van der Waals surface area (Å²) < 4.78 is 30.2. The smallest absolute Gasteiger partial charge is 0.408 e. The van der Waals surface area contributed by atoms with E-state index in [9.17, 15) is 30.1 Å². The van der Waals surface area contributed by atoms with Crippen molar-refractivity contribution in [3.05, 3.63) is 118 Å². The molecule has 16 nitrogen and oxygen atoms in total. The molecule has 0 spiro atoms. The number of azide groups is 1. The summed E-state index contributed by atoms with van der Waals surface area (Å²) in [6.07, 6.45) is -9.28. The summed E-state index contributed by atoms with van der Waals surface area (Å²) in [6.45, 7) is 1.83. The molecule has 3 amide bonds. The van der Waals surface area contributed by atoms with E-state index in [0.717, 1.165) is 16.7 Å². The molecule has 4 N–H and O–H groups in total. The molecule has 0 radical (unpaired) electrons. The van der Waals surface area contributed by atoms with Crippen LogP contribution in [0.3, 0.4) is 0 Å². The van der Waals surface area contributed by atoms with Gasteiger partial charge in [0.1, 0.15) is 31.0 Å². The Labute approximate surface area is 305 Å². The van der Waals surface area contributed by atoms with Crippen LogP contribution >= 0.6 is 0 Å².